The van der Waals surface area contributed by atoms with Crippen molar-refractivity contribution in [3.8, 4) is 0 Å². The standard InChI is InChI=1S/C14H19N3/c1-12-16-11-14(17-12)10-15-9-5-8-13-6-3-2-4-7-13/h2-4,6-7,11,15H,5,8-10H2,1H3,(H,16,17). The molecular weight excluding hydrogens is 210 g/mol. The first-order valence-electron chi connectivity index (χ1n) is 6.10. The van der Waals surface area contributed by atoms with Gasteiger partial charge in [0.05, 0.1) is 0 Å². The first-order valence-corrected chi connectivity index (χ1v) is 6.10. The van der Waals surface area contributed by atoms with Gasteiger partial charge in [0.25, 0.3) is 0 Å². The Balaban J connectivity index is 1.61. The molecule has 0 saturated heterocycles. The van der Waals surface area contributed by atoms with Gasteiger partial charge in [0, 0.05) is 18.4 Å². The molecule has 0 atom stereocenters. The van der Waals surface area contributed by atoms with Gasteiger partial charge in [0.1, 0.15) is 5.82 Å². The van der Waals surface area contributed by atoms with Crippen LogP contribution < -0.4 is 5.32 Å². The molecular formula is C14H19N3. The van der Waals surface area contributed by atoms with Crippen LogP contribution in [0.1, 0.15) is 23.5 Å². The van der Waals surface area contributed by atoms with E-state index in [1.807, 2.05) is 13.1 Å². The molecule has 1 heterocycles. The highest BCUT2D eigenvalue weighted by Gasteiger charge is 1.96. The van der Waals surface area contributed by atoms with Gasteiger partial charge in [-0.3, -0.25) is 0 Å². The zero-order chi connectivity index (χ0) is 11.9. The number of nitrogens with zero attached hydrogens (tertiary/aromatic N) is 1. The Hall–Kier alpha value is -1.61. The summed E-state index contributed by atoms with van der Waals surface area (Å²) in [4.78, 5) is 7.38. The number of benzene rings is 1. The smallest absolute Gasteiger partial charge is 0.103 e. The highest BCUT2D eigenvalue weighted by molar-refractivity contribution is 5.14. The predicted octanol–water partition coefficient (Wildman–Crippen LogP) is 2.44. The number of rotatable bonds is 6. The molecule has 3 heteroatoms. The SMILES string of the molecule is Cc1ncc(CNCCCc2ccccc2)[nH]1. The van der Waals surface area contributed by atoms with E-state index in [1.165, 1.54) is 5.56 Å². The lowest BCUT2D eigenvalue weighted by Gasteiger charge is -2.03. The van der Waals surface area contributed by atoms with Gasteiger partial charge in [-0.25, -0.2) is 4.98 Å². The lowest BCUT2D eigenvalue weighted by atomic mass is 10.1. The average Bonchev–Trinajstić information content (AvgIpc) is 2.76. The number of H-pyrrole nitrogens is 1. The van der Waals surface area contributed by atoms with Crippen LogP contribution in [0.25, 0.3) is 0 Å². The Morgan fingerprint density at radius 3 is 2.76 bits per heavy atom. The van der Waals surface area contributed by atoms with Crippen molar-refractivity contribution in [1.82, 2.24) is 15.3 Å². The molecule has 1 aromatic carbocycles. The van der Waals surface area contributed by atoms with Crippen LogP contribution in [0.5, 0.6) is 0 Å². The largest absolute Gasteiger partial charge is 0.345 e. The molecule has 0 unspecified atom stereocenters. The van der Waals surface area contributed by atoms with Crippen LogP contribution >= 0.6 is 0 Å². The minimum atomic E-state index is 0.871. The number of aryl methyl sites for hydroxylation is 2. The lowest BCUT2D eigenvalue weighted by Crippen LogP contribution is -2.15. The quantitative estimate of drug-likeness (QED) is 0.747. The van der Waals surface area contributed by atoms with Gasteiger partial charge in [-0.1, -0.05) is 30.3 Å². The molecule has 0 aliphatic carbocycles. The average molecular weight is 229 g/mol. The van der Waals surface area contributed by atoms with E-state index < -0.39 is 0 Å². The van der Waals surface area contributed by atoms with Gasteiger partial charge in [0.15, 0.2) is 0 Å². The number of aromatic nitrogens is 2. The fraction of sp³-hybridized carbons (Fsp3) is 0.357. The molecule has 0 radical (unpaired) electrons. The molecule has 2 aromatic rings. The van der Waals surface area contributed by atoms with Crippen molar-refractivity contribution in [3.63, 3.8) is 0 Å². The van der Waals surface area contributed by atoms with Gasteiger partial charge in [-0.15, -0.1) is 0 Å². The van der Waals surface area contributed by atoms with E-state index in [9.17, 15) is 0 Å². The summed E-state index contributed by atoms with van der Waals surface area (Å²) in [7, 11) is 0. The predicted molar refractivity (Wildman–Crippen MR) is 69.8 cm³/mol. The highest BCUT2D eigenvalue weighted by Crippen LogP contribution is 2.01. The first kappa shape index (κ1) is 11.9. The summed E-state index contributed by atoms with van der Waals surface area (Å²) in [5.74, 6) is 0.978. The highest BCUT2D eigenvalue weighted by atomic mass is 14.9. The maximum atomic E-state index is 4.17. The van der Waals surface area contributed by atoms with Gasteiger partial charge in [-0.2, -0.15) is 0 Å². The van der Waals surface area contributed by atoms with E-state index in [-0.39, 0.29) is 0 Å². The van der Waals surface area contributed by atoms with Crippen molar-refractivity contribution >= 4 is 0 Å². The molecule has 1 aromatic heterocycles. The molecule has 0 aliphatic heterocycles. The van der Waals surface area contributed by atoms with E-state index >= 15 is 0 Å². The van der Waals surface area contributed by atoms with Crippen molar-refractivity contribution in [1.29, 1.82) is 0 Å². The van der Waals surface area contributed by atoms with Crippen LogP contribution in [-0.2, 0) is 13.0 Å². The molecule has 3 nitrogen and oxygen atoms in total. The molecule has 0 saturated carbocycles. The molecule has 2 N–H and O–H groups in total. The summed E-state index contributed by atoms with van der Waals surface area (Å²) in [5, 5.41) is 3.41. The van der Waals surface area contributed by atoms with Crippen LogP contribution in [0.4, 0.5) is 0 Å². The summed E-state index contributed by atoms with van der Waals surface area (Å²) in [6, 6.07) is 10.6. The van der Waals surface area contributed by atoms with E-state index in [0.717, 1.165) is 37.4 Å². The topological polar surface area (TPSA) is 40.7 Å². The summed E-state index contributed by atoms with van der Waals surface area (Å²) in [6.07, 6.45) is 4.19. The van der Waals surface area contributed by atoms with Gasteiger partial charge in [0.2, 0.25) is 0 Å². The van der Waals surface area contributed by atoms with Crippen LogP contribution in [0.3, 0.4) is 0 Å². The first-order chi connectivity index (χ1) is 8.34. The Morgan fingerprint density at radius 1 is 1.24 bits per heavy atom. The second-order valence-electron chi connectivity index (χ2n) is 4.26. The number of hydrogen-bond acceptors (Lipinski definition) is 2. The normalized spacial score (nSPS) is 10.6. The van der Waals surface area contributed by atoms with Crippen molar-refractivity contribution in [2.45, 2.75) is 26.3 Å². The molecule has 0 fully saturated rings. The number of aromatic amines is 1. The zero-order valence-corrected chi connectivity index (χ0v) is 10.2. The fourth-order valence-corrected chi connectivity index (χ4v) is 1.85. The zero-order valence-electron chi connectivity index (χ0n) is 10.2. The third kappa shape index (κ3) is 4.04. The molecule has 0 amide bonds. The van der Waals surface area contributed by atoms with Crippen molar-refractivity contribution in [3.05, 3.63) is 53.6 Å². The molecule has 90 valence electrons. The van der Waals surface area contributed by atoms with Gasteiger partial charge in [-0.05, 0) is 31.9 Å². The van der Waals surface area contributed by atoms with E-state index in [0.29, 0.717) is 0 Å². The van der Waals surface area contributed by atoms with Crippen LogP contribution in [-0.4, -0.2) is 16.5 Å². The van der Waals surface area contributed by atoms with Crippen LogP contribution in [0.2, 0.25) is 0 Å². The molecule has 0 bridgehead atoms. The van der Waals surface area contributed by atoms with Crippen LogP contribution in [0, 0.1) is 6.92 Å². The second-order valence-corrected chi connectivity index (χ2v) is 4.26. The van der Waals surface area contributed by atoms with E-state index in [2.05, 4.69) is 45.6 Å². The Bertz CT molecular complexity index is 434. The van der Waals surface area contributed by atoms with Crippen molar-refractivity contribution in [2.24, 2.45) is 0 Å². The molecule has 0 aliphatic rings. The summed E-state index contributed by atoms with van der Waals surface area (Å²) in [6.45, 7) is 3.88. The summed E-state index contributed by atoms with van der Waals surface area (Å²) >= 11 is 0. The minimum Gasteiger partial charge on any atom is -0.345 e. The lowest BCUT2D eigenvalue weighted by molar-refractivity contribution is 0.642. The molecule has 2 rings (SSSR count). The fourth-order valence-electron chi connectivity index (χ4n) is 1.85. The van der Waals surface area contributed by atoms with Crippen LogP contribution in [0.15, 0.2) is 36.5 Å². The van der Waals surface area contributed by atoms with Crippen molar-refractivity contribution < 1.29 is 0 Å². The molecule has 0 spiro atoms. The summed E-state index contributed by atoms with van der Waals surface area (Å²) in [5.41, 5.74) is 2.56. The monoisotopic (exact) mass is 229 g/mol. The minimum absolute atomic E-state index is 0.871. The van der Waals surface area contributed by atoms with Crippen molar-refractivity contribution in [2.75, 3.05) is 6.54 Å². The second kappa shape index (κ2) is 6.21. The Kier molecular flexibility index (Phi) is 4.33. The van der Waals surface area contributed by atoms with Gasteiger partial charge < -0.3 is 10.3 Å². The van der Waals surface area contributed by atoms with Gasteiger partial charge >= 0.3 is 0 Å². The number of imidazole rings is 1. The number of nitrogens with one attached hydrogen (secondary N) is 2. The van der Waals surface area contributed by atoms with E-state index in [1.54, 1.807) is 0 Å². The third-order valence-electron chi connectivity index (χ3n) is 2.73. The Labute approximate surface area is 102 Å². The maximum Gasteiger partial charge on any atom is 0.103 e. The summed E-state index contributed by atoms with van der Waals surface area (Å²) < 4.78 is 0. The third-order valence-corrected chi connectivity index (χ3v) is 2.73. The maximum absolute atomic E-state index is 4.17. The Morgan fingerprint density at radius 2 is 2.06 bits per heavy atom. The number of hydrogen-bond donors (Lipinski definition) is 2. The molecule has 17 heavy (non-hydrogen) atoms. The van der Waals surface area contributed by atoms with E-state index in [4.69, 9.17) is 0 Å².